The summed E-state index contributed by atoms with van der Waals surface area (Å²) in [5, 5.41) is 0. The van der Waals surface area contributed by atoms with Crippen molar-refractivity contribution in [3.63, 3.8) is 0 Å². The Morgan fingerprint density at radius 3 is 2.96 bits per heavy atom. The predicted molar refractivity (Wildman–Crippen MR) is 102 cm³/mol. The van der Waals surface area contributed by atoms with E-state index < -0.39 is 0 Å². The molecule has 1 aromatic rings. The van der Waals surface area contributed by atoms with Crippen LogP contribution in [0.3, 0.4) is 0 Å². The molecule has 0 radical (unpaired) electrons. The zero-order valence-electron chi connectivity index (χ0n) is 14.5. The van der Waals surface area contributed by atoms with Gasteiger partial charge in [0.25, 0.3) is 0 Å². The normalized spacial score (nSPS) is 19.8. The molecule has 2 rings (SSSR count). The van der Waals surface area contributed by atoms with Gasteiger partial charge in [-0.15, -0.1) is 5.73 Å². The summed E-state index contributed by atoms with van der Waals surface area (Å²) in [5.74, 6) is 0.548. The lowest BCUT2D eigenvalue weighted by Crippen LogP contribution is -2.24. The Balaban J connectivity index is 2.43. The van der Waals surface area contributed by atoms with Gasteiger partial charge in [0, 0.05) is 23.5 Å². The summed E-state index contributed by atoms with van der Waals surface area (Å²) in [5.41, 5.74) is 7.96. The smallest absolute Gasteiger partial charge is 0.0487 e. The maximum atomic E-state index is 4.26. The van der Waals surface area contributed by atoms with Crippen molar-refractivity contribution in [1.82, 2.24) is 0 Å². The van der Waals surface area contributed by atoms with Gasteiger partial charge in [-0.2, -0.15) is 0 Å². The average Bonchev–Trinajstić information content (AvgIpc) is 2.62. The Hall–Kier alpha value is -2.24. The highest BCUT2D eigenvalue weighted by atomic mass is 15.1. The second kappa shape index (κ2) is 8.41. The standard InChI is InChI=1S/C22H27N/c1-5-6-7-8-11-20(4)23-17-16-18(2)14-15-19(3)21-12-9-10-13-22(21)23/h6,8-15,18H,3,5,16-17H2,1-2,4H3/b15-14-,20-11+. The van der Waals surface area contributed by atoms with Gasteiger partial charge in [-0.1, -0.05) is 50.8 Å². The molecule has 0 amide bonds. The van der Waals surface area contributed by atoms with Crippen LogP contribution >= 0.6 is 0 Å². The summed E-state index contributed by atoms with van der Waals surface area (Å²) in [6.07, 6.45) is 12.8. The Labute approximate surface area is 141 Å². The molecule has 1 aliphatic rings. The topological polar surface area (TPSA) is 3.24 Å². The van der Waals surface area contributed by atoms with Crippen LogP contribution in [0.15, 0.2) is 72.7 Å². The molecule has 1 aliphatic heterocycles. The van der Waals surface area contributed by atoms with E-state index >= 15 is 0 Å². The lowest BCUT2D eigenvalue weighted by molar-refractivity contribution is 0.643. The van der Waals surface area contributed by atoms with Gasteiger partial charge in [-0.3, -0.25) is 0 Å². The van der Waals surface area contributed by atoms with Crippen molar-refractivity contribution in [1.29, 1.82) is 0 Å². The fraction of sp³-hybridized carbons (Fsp3) is 0.318. The van der Waals surface area contributed by atoms with Crippen LogP contribution < -0.4 is 4.90 Å². The quantitative estimate of drug-likeness (QED) is 0.480. The van der Waals surface area contributed by atoms with Crippen molar-refractivity contribution in [3.05, 3.63) is 78.2 Å². The number of para-hydroxylation sites is 1. The second-order valence-corrected chi connectivity index (χ2v) is 6.07. The van der Waals surface area contributed by atoms with Gasteiger partial charge in [0.2, 0.25) is 0 Å². The minimum absolute atomic E-state index is 0.548. The van der Waals surface area contributed by atoms with E-state index in [1.807, 2.05) is 12.2 Å². The summed E-state index contributed by atoms with van der Waals surface area (Å²) < 4.78 is 0. The molecule has 1 nitrogen and oxygen atoms in total. The van der Waals surface area contributed by atoms with Gasteiger partial charge in [0.05, 0.1) is 0 Å². The molecule has 0 spiro atoms. The fourth-order valence-corrected chi connectivity index (χ4v) is 2.71. The van der Waals surface area contributed by atoms with E-state index in [0.29, 0.717) is 5.92 Å². The van der Waals surface area contributed by atoms with Crippen molar-refractivity contribution < 1.29 is 0 Å². The highest BCUT2D eigenvalue weighted by Crippen LogP contribution is 2.31. The Kier molecular flexibility index (Phi) is 6.26. The number of nitrogens with zero attached hydrogens (tertiary/aromatic N) is 1. The predicted octanol–water partition coefficient (Wildman–Crippen LogP) is 6.13. The summed E-state index contributed by atoms with van der Waals surface area (Å²) in [6.45, 7) is 11.8. The van der Waals surface area contributed by atoms with Crippen LogP contribution in [-0.4, -0.2) is 6.54 Å². The van der Waals surface area contributed by atoms with Gasteiger partial charge in [0.1, 0.15) is 0 Å². The Bertz CT molecular complexity index is 669. The monoisotopic (exact) mass is 305 g/mol. The first kappa shape index (κ1) is 17.1. The third-order valence-corrected chi connectivity index (χ3v) is 4.14. The van der Waals surface area contributed by atoms with Gasteiger partial charge >= 0.3 is 0 Å². The van der Waals surface area contributed by atoms with Gasteiger partial charge in [-0.25, -0.2) is 0 Å². The maximum Gasteiger partial charge on any atom is 0.0487 e. The van der Waals surface area contributed by atoms with E-state index in [0.717, 1.165) is 25.0 Å². The number of rotatable bonds is 3. The van der Waals surface area contributed by atoms with Crippen molar-refractivity contribution in [2.45, 2.75) is 33.6 Å². The number of fused-ring (bicyclic) bond motifs is 1. The maximum absolute atomic E-state index is 4.26. The third-order valence-electron chi connectivity index (χ3n) is 4.14. The molecule has 0 aliphatic carbocycles. The van der Waals surface area contributed by atoms with Crippen molar-refractivity contribution in [2.75, 3.05) is 11.4 Å². The summed E-state index contributed by atoms with van der Waals surface area (Å²) in [6, 6.07) is 8.53. The van der Waals surface area contributed by atoms with E-state index in [9.17, 15) is 0 Å². The van der Waals surface area contributed by atoms with E-state index in [1.165, 1.54) is 16.9 Å². The zero-order valence-corrected chi connectivity index (χ0v) is 14.5. The third kappa shape index (κ3) is 4.61. The second-order valence-electron chi connectivity index (χ2n) is 6.07. The van der Waals surface area contributed by atoms with Crippen LogP contribution in [0.5, 0.6) is 0 Å². The molecule has 23 heavy (non-hydrogen) atoms. The van der Waals surface area contributed by atoms with Crippen molar-refractivity contribution in [2.24, 2.45) is 5.92 Å². The van der Waals surface area contributed by atoms with Crippen molar-refractivity contribution in [3.8, 4) is 0 Å². The molecule has 1 heteroatoms. The molecule has 0 saturated carbocycles. The zero-order chi connectivity index (χ0) is 16.7. The first-order valence-corrected chi connectivity index (χ1v) is 8.45. The summed E-state index contributed by atoms with van der Waals surface area (Å²) >= 11 is 0. The van der Waals surface area contributed by atoms with Gasteiger partial charge in [0.15, 0.2) is 0 Å². The first-order valence-electron chi connectivity index (χ1n) is 8.45. The van der Waals surface area contributed by atoms with Gasteiger partial charge < -0.3 is 4.90 Å². The van der Waals surface area contributed by atoms with Gasteiger partial charge in [-0.05, 0) is 55.6 Å². The number of allylic oxidation sites excluding steroid dienone is 6. The molecule has 1 unspecified atom stereocenters. The molecule has 0 N–H and O–H groups in total. The number of anilines is 1. The van der Waals surface area contributed by atoms with Crippen LogP contribution in [0.4, 0.5) is 5.69 Å². The number of hydrogen-bond acceptors (Lipinski definition) is 1. The molecule has 1 atom stereocenters. The molecule has 0 saturated heterocycles. The van der Waals surface area contributed by atoms with Crippen LogP contribution in [0.25, 0.3) is 5.57 Å². The van der Waals surface area contributed by atoms with Crippen LogP contribution in [0, 0.1) is 5.92 Å². The molecule has 0 fully saturated rings. The fourth-order valence-electron chi connectivity index (χ4n) is 2.71. The van der Waals surface area contributed by atoms with E-state index in [-0.39, 0.29) is 0 Å². The largest absolute Gasteiger partial charge is 0.345 e. The molecule has 1 aromatic carbocycles. The number of benzene rings is 1. The SMILES string of the molecule is C=C1/C=C\C(C)CCN(/C(C)=C/C=C=CCC)c2ccccc21. The lowest BCUT2D eigenvalue weighted by atomic mass is 10.0. The molecule has 0 aromatic heterocycles. The average molecular weight is 305 g/mol. The molecule has 0 bridgehead atoms. The Morgan fingerprint density at radius 2 is 2.17 bits per heavy atom. The molecular weight excluding hydrogens is 278 g/mol. The summed E-state index contributed by atoms with van der Waals surface area (Å²) in [4.78, 5) is 2.40. The van der Waals surface area contributed by atoms with Crippen LogP contribution in [0.2, 0.25) is 0 Å². The molecule has 1 heterocycles. The van der Waals surface area contributed by atoms with Crippen LogP contribution in [-0.2, 0) is 0 Å². The Morgan fingerprint density at radius 1 is 1.39 bits per heavy atom. The highest BCUT2D eigenvalue weighted by Gasteiger charge is 2.16. The van der Waals surface area contributed by atoms with Crippen molar-refractivity contribution >= 4 is 11.3 Å². The van der Waals surface area contributed by atoms with E-state index in [4.69, 9.17) is 0 Å². The van der Waals surface area contributed by atoms with E-state index in [1.54, 1.807) is 0 Å². The number of hydrogen-bond donors (Lipinski definition) is 0. The minimum atomic E-state index is 0.548. The minimum Gasteiger partial charge on any atom is -0.345 e. The first-order chi connectivity index (χ1) is 11.1. The highest BCUT2D eigenvalue weighted by molar-refractivity contribution is 5.82. The van der Waals surface area contributed by atoms with E-state index in [2.05, 4.69) is 80.5 Å². The molecular formula is C22H27N. The molecule has 120 valence electrons. The summed E-state index contributed by atoms with van der Waals surface area (Å²) in [7, 11) is 0. The van der Waals surface area contributed by atoms with Crippen LogP contribution in [0.1, 0.15) is 39.2 Å². The lowest BCUT2D eigenvalue weighted by Gasteiger charge is -2.28.